The summed E-state index contributed by atoms with van der Waals surface area (Å²) in [4.78, 5) is 4.49. The molecule has 1 aliphatic rings. The van der Waals surface area contributed by atoms with Gasteiger partial charge >= 0.3 is 0 Å². The van der Waals surface area contributed by atoms with E-state index in [2.05, 4.69) is 30.1 Å². The summed E-state index contributed by atoms with van der Waals surface area (Å²) < 4.78 is 11.1. The lowest BCUT2D eigenvalue weighted by Crippen LogP contribution is -2.21. The van der Waals surface area contributed by atoms with Crippen molar-refractivity contribution in [2.75, 3.05) is 6.61 Å². The highest BCUT2D eigenvalue weighted by atomic mass is 16.5. The van der Waals surface area contributed by atoms with Gasteiger partial charge in [-0.2, -0.15) is 4.98 Å². The van der Waals surface area contributed by atoms with Crippen molar-refractivity contribution in [1.29, 1.82) is 0 Å². The van der Waals surface area contributed by atoms with Gasteiger partial charge in [0.2, 0.25) is 5.89 Å². The van der Waals surface area contributed by atoms with E-state index in [0.717, 1.165) is 18.6 Å². The monoisotopic (exact) mass is 287 g/mol. The molecule has 3 unspecified atom stereocenters. The average Bonchev–Trinajstić information content (AvgIpc) is 3.02. The molecule has 5 heteroatoms. The molecular weight excluding hydrogens is 266 g/mol. The zero-order chi connectivity index (χ0) is 14.8. The van der Waals surface area contributed by atoms with E-state index in [9.17, 15) is 0 Å². The first-order chi connectivity index (χ1) is 10.2. The van der Waals surface area contributed by atoms with E-state index in [1.807, 2.05) is 18.2 Å². The van der Waals surface area contributed by atoms with Crippen molar-refractivity contribution in [2.24, 2.45) is 11.7 Å². The minimum atomic E-state index is -0.201. The summed E-state index contributed by atoms with van der Waals surface area (Å²) in [5, 5.41) is 4.10. The molecule has 3 atom stereocenters. The molecule has 21 heavy (non-hydrogen) atoms. The molecule has 0 saturated carbocycles. The average molecular weight is 287 g/mol. The summed E-state index contributed by atoms with van der Waals surface area (Å²) >= 11 is 0. The summed E-state index contributed by atoms with van der Waals surface area (Å²) in [5.74, 6) is 2.62. The summed E-state index contributed by atoms with van der Waals surface area (Å²) in [7, 11) is 0. The molecule has 1 aromatic carbocycles. The molecule has 1 aromatic heterocycles. The Balaban J connectivity index is 1.76. The Bertz CT molecular complexity index is 611. The van der Waals surface area contributed by atoms with Gasteiger partial charge in [-0.25, -0.2) is 0 Å². The summed E-state index contributed by atoms with van der Waals surface area (Å²) in [6.45, 7) is 4.77. The molecule has 0 spiro atoms. The van der Waals surface area contributed by atoms with E-state index in [0.29, 0.717) is 24.2 Å². The Kier molecular flexibility index (Phi) is 3.92. The van der Waals surface area contributed by atoms with Crippen molar-refractivity contribution in [1.82, 2.24) is 10.1 Å². The fourth-order valence-corrected chi connectivity index (χ4v) is 2.54. The van der Waals surface area contributed by atoms with E-state index in [-0.39, 0.29) is 12.0 Å². The number of aromatic nitrogens is 2. The zero-order valence-corrected chi connectivity index (χ0v) is 12.5. The van der Waals surface area contributed by atoms with Crippen LogP contribution in [-0.2, 0) is 6.42 Å². The van der Waals surface area contributed by atoms with Gasteiger partial charge in [0.05, 0.1) is 18.6 Å². The highest BCUT2D eigenvalue weighted by molar-refractivity contribution is 5.36. The summed E-state index contributed by atoms with van der Waals surface area (Å²) in [6.07, 6.45) is 1.85. The number of rotatable bonds is 4. The van der Waals surface area contributed by atoms with Crippen LogP contribution in [0.1, 0.15) is 49.5 Å². The van der Waals surface area contributed by atoms with Gasteiger partial charge in [0, 0.05) is 0 Å². The van der Waals surface area contributed by atoms with Crippen LogP contribution >= 0.6 is 0 Å². The van der Waals surface area contributed by atoms with Crippen LogP contribution in [0.2, 0.25) is 0 Å². The summed E-state index contributed by atoms with van der Waals surface area (Å²) in [6, 6.07) is 7.87. The van der Waals surface area contributed by atoms with Gasteiger partial charge in [0.1, 0.15) is 5.75 Å². The Morgan fingerprint density at radius 2 is 2.19 bits per heavy atom. The van der Waals surface area contributed by atoms with Crippen molar-refractivity contribution >= 4 is 0 Å². The Morgan fingerprint density at radius 1 is 1.38 bits per heavy atom. The van der Waals surface area contributed by atoms with Crippen molar-refractivity contribution < 1.29 is 9.26 Å². The Labute approximate surface area is 124 Å². The molecule has 2 N–H and O–H groups in total. The van der Waals surface area contributed by atoms with Gasteiger partial charge in [0.15, 0.2) is 5.82 Å². The van der Waals surface area contributed by atoms with Gasteiger partial charge in [0.25, 0.3) is 0 Å². The van der Waals surface area contributed by atoms with Gasteiger partial charge < -0.3 is 15.0 Å². The molecule has 5 nitrogen and oxygen atoms in total. The zero-order valence-electron chi connectivity index (χ0n) is 12.5. The smallest absolute Gasteiger partial charge is 0.243 e. The first kappa shape index (κ1) is 14.1. The third-order valence-corrected chi connectivity index (χ3v) is 4.24. The fourth-order valence-electron chi connectivity index (χ4n) is 2.54. The lowest BCUT2D eigenvalue weighted by molar-refractivity contribution is 0.252. The third kappa shape index (κ3) is 2.78. The predicted octanol–water partition coefficient (Wildman–Crippen LogP) is 2.83. The van der Waals surface area contributed by atoms with E-state index in [1.54, 1.807) is 0 Å². The first-order valence-corrected chi connectivity index (χ1v) is 7.48. The van der Waals surface area contributed by atoms with Crippen molar-refractivity contribution in [3.05, 3.63) is 41.5 Å². The number of ether oxygens (including phenoxy) is 1. The highest BCUT2D eigenvalue weighted by Gasteiger charge is 2.27. The molecule has 0 fully saturated rings. The third-order valence-electron chi connectivity index (χ3n) is 4.24. The lowest BCUT2D eigenvalue weighted by Gasteiger charge is -2.22. The second kappa shape index (κ2) is 5.85. The molecule has 2 heterocycles. The Hall–Kier alpha value is -1.88. The number of hydrogen-bond donors (Lipinski definition) is 1. The number of nitrogens with two attached hydrogens (primary N) is 1. The lowest BCUT2D eigenvalue weighted by atomic mass is 9.96. The van der Waals surface area contributed by atoms with E-state index in [1.165, 1.54) is 5.56 Å². The molecule has 0 amide bonds. The SMILES string of the molecule is CCC(C)C(N)c1nc(C2COc3ccccc3C2)no1. The van der Waals surface area contributed by atoms with Crippen molar-refractivity contribution in [3.63, 3.8) is 0 Å². The van der Waals surface area contributed by atoms with E-state index < -0.39 is 0 Å². The standard InChI is InChI=1S/C16H21N3O2/c1-3-10(2)14(17)16-18-15(19-21-16)12-8-11-6-4-5-7-13(11)20-9-12/h4-7,10,12,14H,3,8-9,17H2,1-2H3. The quantitative estimate of drug-likeness (QED) is 0.936. The highest BCUT2D eigenvalue weighted by Crippen LogP contribution is 2.31. The second-order valence-corrected chi connectivity index (χ2v) is 5.72. The van der Waals surface area contributed by atoms with Gasteiger partial charge in [-0.1, -0.05) is 43.6 Å². The number of benzene rings is 1. The van der Waals surface area contributed by atoms with Crippen LogP contribution in [0.4, 0.5) is 0 Å². The Morgan fingerprint density at radius 3 is 3.00 bits per heavy atom. The molecular formula is C16H21N3O2. The van der Waals surface area contributed by atoms with Crippen LogP contribution < -0.4 is 10.5 Å². The first-order valence-electron chi connectivity index (χ1n) is 7.48. The van der Waals surface area contributed by atoms with Gasteiger partial charge in [-0.3, -0.25) is 0 Å². The maximum atomic E-state index is 6.14. The second-order valence-electron chi connectivity index (χ2n) is 5.72. The molecule has 0 aliphatic carbocycles. The van der Waals surface area contributed by atoms with Crippen LogP contribution in [0, 0.1) is 5.92 Å². The summed E-state index contributed by atoms with van der Waals surface area (Å²) in [5.41, 5.74) is 7.33. The van der Waals surface area contributed by atoms with E-state index >= 15 is 0 Å². The number of fused-ring (bicyclic) bond motifs is 1. The number of nitrogens with zero attached hydrogens (tertiary/aromatic N) is 2. The van der Waals surface area contributed by atoms with Crippen LogP contribution in [0.3, 0.4) is 0 Å². The normalized spacial score (nSPS) is 20.4. The van der Waals surface area contributed by atoms with Crippen LogP contribution in [0.25, 0.3) is 0 Å². The van der Waals surface area contributed by atoms with Crippen molar-refractivity contribution in [3.8, 4) is 5.75 Å². The molecule has 0 saturated heterocycles. The van der Waals surface area contributed by atoms with E-state index in [4.69, 9.17) is 15.0 Å². The van der Waals surface area contributed by atoms with Crippen molar-refractivity contribution in [2.45, 2.75) is 38.6 Å². The number of hydrogen-bond acceptors (Lipinski definition) is 5. The molecule has 112 valence electrons. The van der Waals surface area contributed by atoms with Crippen LogP contribution in [0.15, 0.2) is 28.8 Å². The molecule has 1 aliphatic heterocycles. The predicted molar refractivity (Wildman–Crippen MR) is 79.1 cm³/mol. The molecule has 3 rings (SSSR count). The molecule has 0 bridgehead atoms. The molecule has 0 radical (unpaired) electrons. The van der Waals surface area contributed by atoms with Crippen LogP contribution in [-0.4, -0.2) is 16.7 Å². The fraction of sp³-hybridized carbons (Fsp3) is 0.500. The topological polar surface area (TPSA) is 74.2 Å². The maximum Gasteiger partial charge on any atom is 0.243 e. The largest absolute Gasteiger partial charge is 0.493 e. The van der Waals surface area contributed by atoms with Gasteiger partial charge in [-0.05, 0) is 24.0 Å². The minimum absolute atomic E-state index is 0.126. The molecule has 2 aromatic rings. The minimum Gasteiger partial charge on any atom is -0.493 e. The van der Waals surface area contributed by atoms with Crippen LogP contribution in [0.5, 0.6) is 5.75 Å². The number of para-hydroxylation sites is 1. The maximum absolute atomic E-state index is 6.14. The van der Waals surface area contributed by atoms with Gasteiger partial charge in [-0.15, -0.1) is 0 Å².